The fraction of sp³-hybridized carbons (Fsp3) is 0.200. The second-order valence-electron chi connectivity index (χ2n) is 4.59. The molecule has 5 nitrogen and oxygen atoms in total. The number of rotatable bonds is 5. The quantitative estimate of drug-likeness (QED) is 0.776. The SMILES string of the molecule is N[C@H](CCC(=O)O)c1cccc2cccc(C(=O)O)c12. The number of hydrogen-bond acceptors (Lipinski definition) is 3. The van der Waals surface area contributed by atoms with Crippen LogP contribution in [0.4, 0.5) is 0 Å². The summed E-state index contributed by atoms with van der Waals surface area (Å²) in [6.45, 7) is 0. The maximum atomic E-state index is 11.3. The average Bonchev–Trinajstić information content (AvgIpc) is 2.43. The van der Waals surface area contributed by atoms with Crippen molar-refractivity contribution in [2.45, 2.75) is 18.9 Å². The standard InChI is InChI=1S/C15H15NO4/c16-12(7-8-13(17)18)10-5-1-3-9-4-2-6-11(14(9)10)15(19)20/h1-6,12H,7-8,16H2,(H,17,18)(H,19,20)/t12-/m1/s1. The van der Waals surface area contributed by atoms with Gasteiger partial charge in [0, 0.05) is 17.8 Å². The number of aliphatic carboxylic acids is 1. The van der Waals surface area contributed by atoms with Crippen LogP contribution in [-0.2, 0) is 4.79 Å². The molecule has 0 unspecified atom stereocenters. The molecule has 0 amide bonds. The van der Waals surface area contributed by atoms with Gasteiger partial charge < -0.3 is 15.9 Å². The van der Waals surface area contributed by atoms with E-state index in [1.54, 1.807) is 18.2 Å². The Kier molecular flexibility index (Phi) is 4.00. The van der Waals surface area contributed by atoms with E-state index in [4.69, 9.17) is 10.8 Å². The Morgan fingerprint density at radius 2 is 1.75 bits per heavy atom. The summed E-state index contributed by atoms with van der Waals surface area (Å²) in [7, 11) is 0. The maximum Gasteiger partial charge on any atom is 0.336 e. The van der Waals surface area contributed by atoms with Crippen molar-refractivity contribution < 1.29 is 19.8 Å². The van der Waals surface area contributed by atoms with Crippen molar-refractivity contribution in [2.24, 2.45) is 5.73 Å². The highest BCUT2D eigenvalue weighted by molar-refractivity contribution is 6.05. The molecule has 0 aliphatic carbocycles. The molecule has 0 spiro atoms. The van der Waals surface area contributed by atoms with Crippen molar-refractivity contribution in [3.8, 4) is 0 Å². The number of benzene rings is 2. The van der Waals surface area contributed by atoms with Gasteiger partial charge in [-0.3, -0.25) is 4.79 Å². The molecule has 104 valence electrons. The molecule has 4 N–H and O–H groups in total. The normalized spacial score (nSPS) is 12.2. The van der Waals surface area contributed by atoms with Gasteiger partial charge in [0.25, 0.3) is 0 Å². The summed E-state index contributed by atoms with van der Waals surface area (Å²) in [5.74, 6) is -1.94. The lowest BCUT2D eigenvalue weighted by molar-refractivity contribution is -0.137. The molecule has 0 aromatic heterocycles. The third-order valence-corrected chi connectivity index (χ3v) is 3.24. The van der Waals surface area contributed by atoms with E-state index in [0.29, 0.717) is 10.9 Å². The van der Waals surface area contributed by atoms with E-state index >= 15 is 0 Å². The van der Waals surface area contributed by atoms with E-state index in [2.05, 4.69) is 0 Å². The summed E-state index contributed by atoms with van der Waals surface area (Å²) < 4.78 is 0. The molecule has 5 heteroatoms. The summed E-state index contributed by atoms with van der Waals surface area (Å²) in [5, 5.41) is 19.4. The maximum absolute atomic E-state index is 11.3. The van der Waals surface area contributed by atoms with Crippen molar-refractivity contribution >= 4 is 22.7 Å². The van der Waals surface area contributed by atoms with Gasteiger partial charge in [-0.15, -0.1) is 0 Å². The van der Waals surface area contributed by atoms with Crippen LogP contribution in [0, 0.1) is 0 Å². The van der Waals surface area contributed by atoms with Crippen molar-refractivity contribution in [1.82, 2.24) is 0 Å². The van der Waals surface area contributed by atoms with E-state index in [9.17, 15) is 14.7 Å². The van der Waals surface area contributed by atoms with E-state index < -0.39 is 18.0 Å². The van der Waals surface area contributed by atoms with E-state index in [0.717, 1.165) is 5.39 Å². The molecule has 0 saturated carbocycles. The van der Waals surface area contributed by atoms with Crippen LogP contribution in [0.2, 0.25) is 0 Å². The van der Waals surface area contributed by atoms with Crippen molar-refractivity contribution in [3.63, 3.8) is 0 Å². The molecule has 0 aliphatic rings. The molecule has 0 heterocycles. The summed E-state index contributed by atoms with van der Waals surface area (Å²) in [4.78, 5) is 21.9. The second-order valence-corrected chi connectivity index (χ2v) is 4.59. The fourth-order valence-electron chi connectivity index (χ4n) is 2.29. The van der Waals surface area contributed by atoms with Crippen LogP contribution in [0.25, 0.3) is 10.8 Å². The number of carboxylic acid groups (broad SMARTS) is 2. The van der Waals surface area contributed by atoms with Gasteiger partial charge in [-0.25, -0.2) is 4.79 Å². The Bertz CT molecular complexity index is 661. The minimum atomic E-state index is -1.02. The highest BCUT2D eigenvalue weighted by atomic mass is 16.4. The molecule has 0 fully saturated rings. The molecule has 0 aliphatic heterocycles. The van der Waals surface area contributed by atoms with Crippen molar-refractivity contribution in [3.05, 3.63) is 47.5 Å². The molecule has 2 rings (SSSR count). The number of hydrogen-bond donors (Lipinski definition) is 3. The highest BCUT2D eigenvalue weighted by Gasteiger charge is 2.16. The lowest BCUT2D eigenvalue weighted by atomic mass is 9.93. The van der Waals surface area contributed by atoms with Gasteiger partial charge in [-0.2, -0.15) is 0 Å². The second kappa shape index (κ2) is 5.71. The first-order valence-corrected chi connectivity index (χ1v) is 6.23. The monoisotopic (exact) mass is 273 g/mol. The smallest absolute Gasteiger partial charge is 0.336 e. The van der Waals surface area contributed by atoms with Gasteiger partial charge in [-0.05, 0) is 23.4 Å². The zero-order valence-corrected chi connectivity index (χ0v) is 10.7. The summed E-state index contributed by atoms with van der Waals surface area (Å²) in [6.07, 6.45) is 0.217. The van der Waals surface area contributed by atoms with Crippen LogP contribution < -0.4 is 5.73 Å². The predicted octanol–water partition coefficient (Wildman–Crippen LogP) is 2.40. The molecular weight excluding hydrogens is 258 g/mol. The summed E-state index contributed by atoms with van der Waals surface area (Å²) in [6, 6.07) is 9.88. The number of aromatic carboxylic acids is 1. The predicted molar refractivity (Wildman–Crippen MR) is 74.7 cm³/mol. The number of nitrogens with two attached hydrogens (primary N) is 1. The molecule has 0 bridgehead atoms. The number of carboxylic acids is 2. The Morgan fingerprint density at radius 1 is 1.10 bits per heavy atom. The molecule has 2 aromatic carbocycles. The number of carbonyl (C=O) groups is 2. The van der Waals surface area contributed by atoms with Gasteiger partial charge in [0.15, 0.2) is 0 Å². The largest absolute Gasteiger partial charge is 0.481 e. The molecule has 0 radical (unpaired) electrons. The van der Waals surface area contributed by atoms with E-state index in [1.807, 2.05) is 12.1 Å². The first-order valence-electron chi connectivity index (χ1n) is 6.23. The lowest BCUT2D eigenvalue weighted by Gasteiger charge is -2.15. The van der Waals surface area contributed by atoms with Crippen LogP contribution in [0.1, 0.15) is 34.8 Å². The first kappa shape index (κ1) is 14.0. The minimum Gasteiger partial charge on any atom is -0.481 e. The summed E-state index contributed by atoms with van der Waals surface area (Å²) in [5.41, 5.74) is 6.87. The Hall–Kier alpha value is -2.40. The molecule has 20 heavy (non-hydrogen) atoms. The zero-order valence-electron chi connectivity index (χ0n) is 10.7. The Balaban J connectivity index is 2.52. The van der Waals surface area contributed by atoms with Crippen molar-refractivity contribution in [2.75, 3.05) is 0 Å². The first-order chi connectivity index (χ1) is 9.50. The van der Waals surface area contributed by atoms with Crippen LogP contribution in [-0.4, -0.2) is 22.2 Å². The van der Waals surface area contributed by atoms with Gasteiger partial charge in [0.1, 0.15) is 0 Å². The van der Waals surface area contributed by atoms with E-state index in [1.165, 1.54) is 6.07 Å². The van der Waals surface area contributed by atoms with Crippen molar-refractivity contribution in [1.29, 1.82) is 0 Å². The Labute approximate surface area is 115 Å². The minimum absolute atomic E-state index is 0.0488. The summed E-state index contributed by atoms with van der Waals surface area (Å²) >= 11 is 0. The number of fused-ring (bicyclic) bond motifs is 1. The van der Waals surface area contributed by atoms with E-state index in [-0.39, 0.29) is 18.4 Å². The molecule has 0 saturated heterocycles. The van der Waals surface area contributed by atoms with Gasteiger partial charge in [0.05, 0.1) is 5.56 Å². The average molecular weight is 273 g/mol. The van der Waals surface area contributed by atoms with Crippen LogP contribution in [0.5, 0.6) is 0 Å². The highest BCUT2D eigenvalue weighted by Crippen LogP contribution is 2.28. The van der Waals surface area contributed by atoms with Crippen LogP contribution in [0.3, 0.4) is 0 Å². The molecular formula is C15H15NO4. The third-order valence-electron chi connectivity index (χ3n) is 3.24. The third kappa shape index (κ3) is 2.78. The zero-order chi connectivity index (χ0) is 14.7. The van der Waals surface area contributed by atoms with Gasteiger partial charge in [-0.1, -0.05) is 30.3 Å². The van der Waals surface area contributed by atoms with Crippen LogP contribution >= 0.6 is 0 Å². The van der Waals surface area contributed by atoms with Crippen LogP contribution in [0.15, 0.2) is 36.4 Å². The Morgan fingerprint density at radius 3 is 2.35 bits per heavy atom. The molecule has 1 atom stereocenters. The topological polar surface area (TPSA) is 101 Å². The fourth-order valence-corrected chi connectivity index (χ4v) is 2.29. The molecule has 2 aromatic rings. The van der Waals surface area contributed by atoms with Gasteiger partial charge in [0.2, 0.25) is 0 Å². The van der Waals surface area contributed by atoms with Gasteiger partial charge >= 0.3 is 11.9 Å². The lowest BCUT2D eigenvalue weighted by Crippen LogP contribution is -2.14.